The molecule has 0 radical (unpaired) electrons. The van der Waals surface area contributed by atoms with E-state index in [0.29, 0.717) is 0 Å². The highest BCUT2D eigenvalue weighted by Gasteiger charge is 2.21. The Morgan fingerprint density at radius 1 is 0.621 bits per heavy atom. The van der Waals surface area contributed by atoms with E-state index in [-0.39, 0.29) is 0 Å². The normalized spacial score (nSPS) is 12.2. The highest BCUT2D eigenvalue weighted by Crippen LogP contribution is 2.39. The zero-order valence-corrected chi connectivity index (χ0v) is 19.1. The van der Waals surface area contributed by atoms with Gasteiger partial charge in [0.2, 0.25) is 0 Å². The van der Waals surface area contributed by atoms with Crippen LogP contribution in [0.2, 0.25) is 0 Å². The number of hydrogen-bond acceptors (Lipinski definition) is 0. The lowest BCUT2D eigenvalue weighted by Crippen LogP contribution is -1.97. The first-order chi connectivity index (χ1) is 14.3. The largest absolute Gasteiger partial charge is 0.0654 e. The molecular formula is C29H42. The van der Waals surface area contributed by atoms with Gasteiger partial charge in [0.15, 0.2) is 0 Å². The van der Waals surface area contributed by atoms with Crippen LogP contribution in [0.1, 0.15) is 113 Å². The molecule has 0 aromatic heterocycles. The molecule has 0 atom stereocenters. The van der Waals surface area contributed by atoms with Crippen LogP contribution in [-0.2, 0) is 19.3 Å². The van der Waals surface area contributed by atoms with Gasteiger partial charge in [-0.1, -0.05) is 114 Å². The lowest BCUT2D eigenvalue weighted by atomic mass is 9.92. The van der Waals surface area contributed by atoms with E-state index in [9.17, 15) is 0 Å². The van der Waals surface area contributed by atoms with Crippen molar-refractivity contribution in [2.75, 3.05) is 0 Å². The topological polar surface area (TPSA) is 0 Å². The first-order valence-electron chi connectivity index (χ1n) is 12.6. The Morgan fingerprint density at radius 3 is 2.00 bits per heavy atom. The second kappa shape index (κ2) is 12.2. The zero-order chi connectivity index (χ0) is 20.3. The maximum Gasteiger partial charge on any atom is -0.00107 e. The second-order valence-electron chi connectivity index (χ2n) is 9.15. The Kier molecular flexibility index (Phi) is 9.32. The zero-order valence-electron chi connectivity index (χ0n) is 19.1. The molecule has 29 heavy (non-hydrogen) atoms. The third-order valence-corrected chi connectivity index (χ3v) is 6.70. The van der Waals surface area contributed by atoms with E-state index >= 15 is 0 Å². The molecule has 0 saturated heterocycles. The van der Waals surface area contributed by atoms with Gasteiger partial charge in [0.05, 0.1) is 0 Å². The lowest BCUT2D eigenvalue weighted by Gasteiger charge is -2.12. The summed E-state index contributed by atoms with van der Waals surface area (Å²) in [5.74, 6) is 0. The van der Waals surface area contributed by atoms with E-state index in [1.54, 1.807) is 16.7 Å². The maximum atomic E-state index is 2.55. The van der Waals surface area contributed by atoms with Crippen LogP contribution in [0.4, 0.5) is 0 Å². The summed E-state index contributed by atoms with van der Waals surface area (Å²) in [6, 6.07) is 14.1. The molecule has 158 valence electrons. The van der Waals surface area contributed by atoms with Gasteiger partial charge >= 0.3 is 0 Å². The van der Waals surface area contributed by atoms with Gasteiger partial charge in [0, 0.05) is 0 Å². The van der Waals surface area contributed by atoms with Crippen LogP contribution < -0.4 is 0 Å². The third-order valence-electron chi connectivity index (χ3n) is 6.70. The maximum absolute atomic E-state index is 2.55. The fourth-order valence-electron chi connectivity index (χ4n) is 4.93. The van der Waals surface area contributed by atoms with Crippen LogP contribution in [0.25, 0.3) is 11.1 Å². The molecule has 0 heteroatoms. The van der Waals surface area contributed by atoms with Crippen molar-refractivity contribution >= 4 is 0 Å². The molecule has 0 nitrogen and oxygen atoms in total. The Hall–Kier alpha value is -1.56. The van der Waals surface area contributed by atoms with Crippen LogP contribution in [0.15, 0.2) is 36.4 Å². The van der Waals surface area contributed by atoms with Gasteiger partial charge in [0.25, 0.3) is 0 Å². The molecule has 0 spiro atoms. The van der Waals surface area contributed by atoms with E-state index in [4.69, 9.17) is 0 Å². The Morgan fingerprint density at radius 2 is 1.28 bits per heavy atom. The summed E-state index contributed by atoms with van der Waals surface area (Å²) in [6.45, 7) is 4.61. The molecule has 0 fully saturated rings. The first-order valence-corrected chi connectivity index (χ1v) is 12.6. The number of rotatable bonds is 14. The number of benzene rings is 2. The summed E-state index contributed by atoms with van der Waals surface area (Å²) in [5, 5.41) is 0. The van der Waals surface area contributed by atoms with Crippen LogP contribution in [-0.4, -0.2) is 0 Å². The molecule has 0 N–H and O–H groups in total. The molecule has 0 amide bonds. The fourth-order valence-corrected chi connectivity index (χ4v) is 4.93. The number of unbranched alkanes of at least 4 members (excludes halogenated alkanes) is 10. The van der Waals surface area contributed by atoms with Crippen molar-refractivity contribution in [1.29, 1.82) is 0 Å². The van der Waals surface area contributed by atoms with Crippen LogP contribution in [0, 0.1) is 0 Å². The Labute approximate surface area is 180 Å². The van der Waals surface area contributed by atoms with Crippen molar-refractivity contribution in [3.63, 3.8) is 0 Å². The quantitative estimate of drug-likeness (QED) is 0.241. The Bertz CT molecular complexity index is 740. The summed E-state index contributed by atoms with van der Waals surface area (Å²) >= 11 is 0. The predicted molar refractivity (Wildman–Crippen MR) is 129 cm³/mol. The van der Waals surface area contributed by atoms with Crippen molar-refractivity contribution in [3.05, 3.63) is 58.7 Å². The monoisotopic (exact) mass is 390 g/mol. The average molecular weight is 391 g/mol. The van der Waals surface area contributed by atoms with E-state index in [1.807, 2.05) is 0 Å². The lowest BCUT2D eigenvalue weighted by molar-refractivity contribution is 0.556. The molecule has 0 unspecified atom stereocenters. The van der Waals surface area contributed by atoms with Gasteiger partial charge in [-0.05, 0) is 65.5 Å². The van der Waals surface area contributed by atoms with E-state index in [0.717, 1.165) is 6.42 Å². The van der Waals surface area contributed by atoms with Gasteiger partial charge < -0.3 is 0 Å². The van der Waals surface area contributed by atoms with Crippen molar-refractivity contribution in [2.24, 2.45) is 0 Å². The summed E-state index contributed by atoms with van der Waals surface area (Å²) in [4.78, 5) is 0. The van der Waals surface area contributed by atoms with E-state index < -0.39 is 0 Å². The average Bonchev–Trinajstić information content (AvgIpc) is 3.12. The number of fused-ring (bicyclic) bond motifs is 3. The van der Waals surface area contributed by atoms with Crippen molar-refractivity contribution < 1.29 is 0 Å². The molecule has 0 saturated carbocycles. The van der Waals surface area contributed by atoms with Crippen molar-refractivity contribution in [1.82, 2.24) is 0 Å². The minimum Gasteiger partial charge on any atom is -0.0654 e. The summed E-state index contributed by atoms with van der Waals surface area (Å²) < 4.78 is 0. The molecule has 1 aliphatic carbocycles. The molecule has 2 aromatic rings. The second-order valence-corrected chi connectivity index (χ2v) is 9.15. The summed E-state index contributed by atoms with van der Waals surface area (Å²) in [6.07, 6.45) is 20.4. The number of aryl methyl sites for hydroxylation is 2. The third kappa shape index (κ3) is 6.46. The summed E-state index contributed by atoms with van der Waals surface area (Å²) in [7, 11) is 0. The van der Waals surface area contributed by atoms with E-state index in [1.165, 1.54) is 107 Å². The SMILES string of the molecule is CCCCCCCCCCCCc1cc(CCCC)c2c(c1)-c1ccccc1C2. The van der Waals surface area contributed by atoms with Crippen LogP contribution >= 0.6 is 0 Å². The molecule has 0 bridgehead atoms. The van der Waals surface area contributed by atoms with Gasteiger partial charge in [-0.3, -0.25) is 0 Å². The van der Waals surface area contributed by atoms with E-state index in [2.05, 4.69) is 50.2 Å². The predicted octanol–water partition coefficient (Wildman–Crippen LogP) is 9.06. The highest BCUT2D eigenvalue weighted by atomic mass is 14.2. The minimum absolute atomic E-state index is 1.14. The first kappa shape index (κ1) is 22.1. The number of hydrogen-bond donors (Lipinski definition) is 0. The van der Waals surface area contributed by atoms with Gasteiger partial charge in [-0.15, -0.1) is 0 Å². The smallest absolute Gasteiger partial charge is 0.00107 e. The molecule has 0 heterocycles. The van der Waals surface area contributed by atoms with Gasteiger partial charge in [-0.2, -0.15) is 0 Å². The van der Waals surface area contributed by atoms with Crippen molar-refractivity contribution in [3.8, 4) is 11.1 Å². The molecule has 0 aliphatic heterocycles. The van der Waals surface area contributed by atoms with Crippen LogP contribution in [0.5, 0.6) is 0 Å². The molecular weight excluding hydrogens is 348 g/mol. The van der Waals surface area contributed by atoms with Crippen LogP contribution in [0.3, 0.4) is 0 Å². The fraction of sp³-hybridized carbons (Fsp3) is 0.586. The minimum atomic E-state index is 1.14. The summed E-state index contributed by atoms with van der Waals surface area (Å²) in [5.41, 5.74) is 9.37. The standard InChI is InChI=1S/C29H42/c1-3-5-7-8-9-10-11-12-13-14-17-24-21-25(18-6-4-2)28-23-26-19-15-16-20-27(26)29(28)22-24/h15-16,19-22H,3-14,17-18,23H2,1-2H3. The Balaban J connectivity index is 1.50. The van der Waals surface area contributed by atoms with Gasteiger partial charge in [-0.25, -0.2) is 0 Å². The molecule has 2 aromatic carbocycles. The molecule has 3 rings (SSSR count). The van der Waals surface area contributed by atoms with Crippen molar-refractivity contribution in [2.45, 2.75) is 110 Å². The van der Waals surface area contributed by atoms with Gasteiger partial charge in [0.1, 0.15) is 0 Å². The highest BCUT2D eigenvalue weighted by molar-refractivity contribution is 5.78. The molecule has 1 aliphatic rings.